The topological polar surface area (TPSA) is 58.6 Å². The van der Waals surface area contributed by atoms with Crippen molar-refractivity contribution in [3.05, 3.63) is 29.8 Å². The number of fused-ring (bicyclic) bond motifs is 1. The summed E-state index contributed by atoms with van der Waals surface area (Å²) in [7, 11) is 0. The first-order chi connectivity index (χ1) is 14.4. The van der Waals surface area contributed by atoms with E-state index >= 15 is 0 Å². The van der Waals surface area contributed by atoms with Crippen LogP contribution < -0.4 is 10.2 Å². The van der Waals surface area contributed by atoms with Crippen LogP contribution in [0.5, 0.6) is 0 Å². The van der Waals surface area contributed by atoms with Crippen molar-refractivity contribution < 1.29 is 14.3 Å². The van der Waals surface area contributed by atoms with Gasteiger partial charge in [-0.25, -0.2) is 0 Å². The Balaban J connectivity index is 1.42. The molecule has 2 aliphatic heterocycles. The van der Waals surface area contributed by atoms with E-state index in [2.05, 4.69) is 43.4 Å². The number of hydrogen-bond acceptors (Lipinski definition) is 3. The molecule has 0 radical (unpaired) electrons. The number of hydrogen-bond donors (Lipinski definition) is 1. The van der Waals surface area contributed by atoms with Gasteiger partial charge in [-0.05, 0) is 66.0 Å². The van der Waals surface area contributed by atoms with Gasteiger partial charge in [0.05, 0.1) is 6.10 Å². The van der Waals surface area contributed by atoms with Gasteiger partial charge in [-0.3, -0.25) is 9.59 Å². The molecule has 162 valence electrons. The summed E-state index contributed by atoms with van der Waals surface area (Å²) in [6, 6.07) is 8.69. The summed E-state index contributed by atoms with van der Waals surface area (Å²) in [4.78, 5) is 26.3. The number of amides is 2. The zero-order valence-corrected chi connectivity index (χ0v) is 18.4. The second kappa shape index (κ2) is 7.08. The van der Waals surface area contributed by atoms with E-state index in [1.165, 1.54) is 18.4 Å². The second-order valence-electron chi connectivity index (χ2n) is 10.4. The molecule has 30 heavy (non-hydrogen) atoms. The van der Waals surface area contributed by atoms with Crippen LogP contribution in [0, 0.1) is 22.7 Å². The Bertz CT molecular complexity index is 848. The van der Waals surface area contributed by atoms with Crippen LogP contribution in [0.3, 0.4) is 0 Å². The third kappa shape index (κ3) is 2.84. The Morgan fingerprint density at radius 2 is 2.03 bits per heavy atom. The first-order valence-electron chi connectivity index (χ1n) is 11.7. The summed E-state index contributed by atoms with van der Waals surface area (Å²) in [6.07, 6.45) is 5.60. The highest BCUT2D eigenvalue weighted by Gasteiger charge is 2.68. The SMILES string of the molecule is CCC(=O)N[C@H]1C(C)(C)[C@@H]2C[C@@H]3[C@@H](c4ccc(N5CCCC5=O)cc4)OCC[C@@]31C2. The number of ether oxygens (including phenoxy) is 1. The number of nitrogens with one attached hydrogen (secondary N) is 1. The van der Waals surface area contributed by atoms with Crippen molar-refractivity contribution in [1.29, 1.82) is 0 Å². The molecule has 5 heteroatoms. The van der Waals surface area contributed by atoms with Crippen LogP contribution >= 0.6 is 0 Å². The zero-order chi connectivity index (χ0) is 21.1. The second-order valence-corrected chi connectivity index (χ2v) is 10.4. The fourth-order valence-corrected chi connectivity index (χ4v) is 7.15. The lowest BCUT2D eigenvalue weighted by molar-refractivity contribution is -0.137. The molecule has 1 spiro atoms. The predicted molar refractivity (Wildman–Crippen MR) is 116 cm³/mol. The fourth-order valence-electron chi connectivity index (χ4n) is 7.15. The van der Waals surface area contributed by atoms with E-state index in [1.807, 2.05) is 11.8 Å². The molecule has 2 bridgehead atoms. The number of rotatable bonds is 4. The van der Waals surface area contributed by atoms with Gasteiger partial charge >= 0.3 is 0 Å². The molecule has 0 unspecified atom stereocenters. The normalized spacial score (nSPS) is 36.8. The summed E-state index contributed by atoms with van der Waals surface area (Å²) < 4.78 is 6.37. The van der Waals surface area contributed by atoms with Crippen LogP contribution in [0.1, 0.15) is 71.0 Å². The lowest BCUT2D eigenvalue weighted by Gasteiger charge is -2.53. The Labute approximate surface area is 179 Å². The van der Waals surface area contributed by atoms with Crippen molar-refractivity contribution in [1.82, 2.24) is 5.32 Å². The van der Waals surface area contributed by atoms with Crippen molar-refractivity contribution in [2.75, 3.05) is 18.1 Å². The predicted octanol–water partition coefficient (Wildman–Crippen LogP) is 4.22. The maximum atomic E-state index is 12.4. The maximum Gasteiger partial charge on any atom is 0.227 e. The molecule has 2 saturated carbocycles. The highest BCUT2D eigenvalue weighted by atomic mass is 16.5. The Morgan fingerprint density at radius 1 is 1.27 bits per heavy atom. The minimum Gasteiger partial charge on any atom is -0.373 e. The lowest BCUT2D eigenvalue weighted by atomic mass is 9.59. The molecule has 5 atom stereocenters. The molecule has 2 heterocycles. The third-order valence-electron chi connectivity index (χ3n) is 8.74. The molecule has 1 aromatic rings. The highest BCUT2D eigenvalue weighted by Crippen LogP contribution is 2.70. The standard InChI is InChI=1S/C25H34N2O3/c1-4-20(28)26-23-24(2,3)17-14-19-22(30-13-11-25(19,23)15-17)16-7-9-18(10-8-16)27-12-5-6-21(27)29/h7-10,17,19,22-23H,4-6,11-15H2,1-3H3,(H,26,28)/t17-,19-,22-,23+,25-/m1/s1. The van der Waals surface area contributed by atoms with Gasteiger partial charge in [-0.15, -0.1) is 0 Å². The van der Waals surface area contributed by atoms with Gasteiger partial charge in [-0.2, -0.15) is 0 Å². The number of carbonyl (C=O) groups is 2. The lowest BCUT2D eigenvalue weighted by Crippen LogP contribution is -2.58. The first-order valence-corrected chi connectivity index (χ1v) is 11.7. The van der Waals surface area contributed by atoms with E-state index in [1.54, 1.807) is 0 Å². The van der Waals surface area contributed by atoms with Crippen molar-refractivity contribution in [3.63, 3.8) is 0 Å². The van der Waals surface area contributed by atoms with Gasteiger partial charge in [0.25, 0.3) is 0 Å². The highest BCUT2D eigenvalue weighted by molar-refractivity contribution is 5.95. The summed E-state index contributed by atoms with van der Waals surface area (Å²) in [5.41, 5.74) is 2.46. The van der Waals surface area contributed by atoms with Crippen LogP contribution in [-0.2, 0) is 14.3 Å². The molecular weight excluding hydrogens is 376 g/mol. The average Bonchev–Trinajstić information content (AvgIpc) is 3.40. The van der Waals surface area contributed by atoms with Crippen molar-refractivity contribution >= 4 is 17.5 Å². The molecule has 4 aliphatic rings. The number of anilines is 1. The summed E-state index contributed by atoms with van der Waals surface area (Å²) in [5.74, 6) is 1.44. The van der Waals surface area contributed by atoms with Crippen LogP contribution in [0.25, 0.3) is 0 Å². The molecule has 4 fully saturated rings. The van der Waals surface area contributed by atoms with Crippen molar-refractivity contribution in [2.24, 2.45) is 22.7 Å². The van der Waals surface area contributed by atoms with E-state index in [0.717, 1.165) is 31.7 Å². The molecule has 5 nitrogen and oxygen atoms in total. The molecular formula is C25H34N2O3. The first kappa shape index (κ1) is 20.0. The molecule has 2 saturated heterocycles. The minimum absolute atomic E-state index is 0.0733. The number of carbonyl (C=O) groups excluding carboxylic acids is 2. The van der Waals surface area contributed by atoms with Crippen molar-refractivity contribution in [2.45, 2.75) is 71.4 Å². The average molecular weight is 411 g/mol. The molecule has 2 amide bonds. The van der Waals surface area contributed by atoms with Gasteiger partial charge in [0.15, 0.2) is 0 Å². The molecule has 2 aliphatic carbocycles. The molecule has 1 aromatic carbocycles. The fraction of sp³-hybridized carbons (Fsp3) is 0.680. The van der Waals surface area contributed by atoms with E-state index in [-0.39, 0.29) is 34.8 Å². The van der Waals surface area contributed by atoms with E-state index in [9.17, 15) is 9.59 Å². The smallest absolute Gasteiger partial charge is 0.227 e. The van der Waals surface area contributed by atoms with Gasteiger partial charge in [0.1, 0.15) is 0 Å². The van der Waals surface area contributed by atoms with Crippen molar-refractivity contribution in [3.8, 4) is 0 Å². The number of nitrogens with zero attached hydrogens (tertiary/aromatic N) is 1. The third-order valence-corrected chi connectivity index (χ3v) is 8.74. The molecule has 1 N–H and O–H groups in total. The molecule has 5 rings (SSSR count). The summed E-state index contributed by atoms with van der Waals surface area (Å²) >= 11 is 0. The van der Waals surface area contributed by atoms with Crippen LogP contribution in [0.15, 0.2) is 24.3 Å². The zero-order valence-electron chi connectivity index (χ0n) is 18.4. The largest absolute Gasteiger partial charge is 0.373 e. The van der Waals surface area contributed by atoms with Crippen LogP contribution in [0.4, 0.5) is 5.69 Å². The monoisotopic (exact) mass is 410 g/mol. The van der Waals surface area contributed by atoms with Crippen LogP contribution in [0.2, 0.25) is 0 Å². The Hall–Kier alpha value is -1.88. The summed E-state index contributed by atoms with van der Waals surface area (Å²) in [5, 5.41) is 3.42. The minimum atomic E-state index is 0.0733. The van der Waals surface area contributed by atoms with Gasteiger partial charge < -0.3 is 15.0 Å². The van der Waals surface area contributed by atoms with Gasteiger partial charge in [0, 0.05) is 37.7 Å². The Kier molecular flexibility index (Phi) is 4.73. The number of benzene rings is 1. The van der Waals surface area contributed by atoms with Crippen LogP contribution in [-0.4, -0.2) is 31.0 Å². The Morgan fingerprint density at radius 3 is 2.70 bits per heavy atom. The van der Waals surface area contributed by atoms with E-state index in [4.69, 9.17) is 4.74 Å². The summed E-state index contributed by atoms with van der Waals surface area (Å²) in [6.45, 7) is 8.18. The van der Waals surface area contributed by atoms with Gasteiger partial charge in [0.2, 0.25) is 11.8 Å². The van der Waals surface area contributed by atoms with E-state index < -0.39 is 0 Å². The quantitative estimate of drug-likeness (QED) is 0.808. The van der Waals surface area contributed by atoms with Gasteiger partial charge in [-0.1, -0.05) is 32.9 Å². The van der Waals surface area contributed by atoms with E-state index in [0.29, 0.717) is 24.7 Å². The maximum absolute atomic E-state index is 12.4. The molecule has 0 aromatic heterocycles.